The predicted molar refractivity (Wildman–Crippen MR) is 98.4 cm³/mol. The molecule has 0 amide bonds. The number of nitro groups is 1. The Morgan fingerprint density at radius 2 is 2.03 bits per heavy atom. The third kappa shape index (κ3) is 3.49. The Hall–Kier alpha value is -3.19. The Balaban J connectivity index is 1.45. The number of hydrogen-bond acceptors (Lipinski definition) is 10. The third-order valence-electron chi connectivity index (χ3n) is 4.73. The summed E-state index contributed by atoms with van der Waals surface area (Å²) in [5.41, 5.74) is 6.82. The van der Waals surface area contributed by atoms with Gasteiger partial charge in [-0.05, 0) is 6.07 Å². The van der Waals surface area contributed by atoms with Gasteiger partial charge in [0.1, 0.15) is 30.2 Å². The van der Waals surface area contributed by atoms with Crippen molar-refractivity contribution in [1.82, 2.24) is 19.5 Å². The van der Waals surface area contributed by atoms with E-state index in [1.165, 1.54) is 23.3 Å². The molecule has 0 saturated carbocycles. The highest BCUT2D eigenvalue weighted by molar-refractivity contribution is 5.81. The van der Waals surface area contributed by atoms with E-state index in [0.717, 1.165) is 0 Å². The lowest BCUT2D eigenvalue weighted by atomic mass is 10.1. The molecule has 4 atom stereocenters. The highest BCUT2D eigenvalue weighted by Gasteiger charge is 2.44. The summed E-state index contributed by atoms with van der Waals surface area (Å²) in [7, 11) is 0. The van der Waals surface area contributed by atoms with Crippen molar-refractivity contribution in [2.75, 3.05) is 12.3 Å². The number of aliphatic hydroxyl groups is 2. The maximum absolute atomic E-state index is 11.1. The van der Waals surface area contributed by atoms with Gasteiger partial charge in [-0.2, -0.15) is 0 Å². The molecule has 1 aliphatic rings. The van der Waals surface area contributed by atoms with Crippen LogP contribution in [-0.4, -0.2) is 59.6 Å². The van der Waals surface area contributed by atoms with Crippen LogP contribution in [-0.2, 0) is 16.1 Å². The minimum Gasteiger partial charge on any atom is -0.387 e. The van der Waals surface area contributed by atoms with Crippen molar-refractivity contribution in [2.45, 2.75) is 31.1 Å². The van der Waals surface area contributed by atoms with Gasteiger partial charge in [0.25, 0.3) is 5.69 Å². The standard InChI is InChI=1S/C17H18N6O6/c18-15-12-16(20-7-19-15)22(8-21-12)17-14(25)13(24)11(29-17)6-28-5-9-3-1-2-4-10(9)23(26)27/h1-4,7-8,11,13-14,17,24-25H,5-6H2,(H2,18,19,20)/t11-,13-,14-,17-/m1/s1. The zero-order chi connectivity index (χ0) is 20.5. The second kappa shape index (κ2) is 7.67. The quantitative estimate of drug-likeness (QED) is 0.381. The van der Waals surface area contributed by atoms with Gasteiger partial charge in [0.2, 0.25) is 0 Å². The predicted octanol–water partition coefficient (Wildman–Crippen LogP) is 0.153. The van der Waals surface area contributed by atoms with E-state index < -0.39 is 29.5 Å². The average Bonchev–Trinajstić information content (AvgIpc) is 3.25. The van der Waals surface area contributed by atoms with Gasteiger partial charge in [0.15, 0.2) is 17.7 Å². The van der Waals surface area contributed by atoms with Gasteiger partial charge in [-0.3, -0.25) is 14.7 Å². The number of nitrogen functional groups attached to an aromatic ring is 1. The van der Waals surface area contributed by atoms with Crippen LogP contribution in [0, 0.1) is 10.1 Å². The molecular weight excluding hydrogens is 384 g/mol. The normalized spacial score (nSPS) is 24.2. The monoisotopic (exact) mass is 402 g/mol. The number of nitro benzene ring substituents is 1. The number of aromatic nitrogens is 4. The Morgan fingerprint density at radius 3 is 2.83 bits per heavy atom. The molecule has 1 aliphatic heterocycles. The Kier molecular flexibility index (Phi) is 5.07. The largest absolute Gasteiger partial charge is 0.387 e. The summed E-state index contributed by atoms with van der Waals surface area (Å²) in [6.45, 7) is -0.118. The minimum atomic E-state index is -1.26. The van der Waals surface area contributed by atoms with E-state index in [-0.39, 0.29) is 24.7 Å². The van der Waals surface area contributed by atoms with E-state index in [0.29, 0.717) is 16.7 Å². The molecule has 1 saturated heterocycles. The van der Waals surface area contributed by atoms with Gasteiger partial charge in [-0.15, -0.1) is 0 Å². The molecule has 0 radical (unpaired) electrons. The molecule has 4 rings (SSSR count). The molecular formula is C17H18N6O6. The topological polar surface area (TPSA) is 172 Å². The molecule has 0 spiro atoms. The number of aliphatic hydroxyl groups excluding tert-OH is 2. The number of hydrogen-bond donors (Lipinski definition) is 3. The first-order chi connectivity index (χ1) is 14.0. The summed E-state index contributed by atoms with van der Waals surface area (Å²) in [6, 6.07) is 6.21. The van der Waals surface area contributed by atoms with Gasteiger partial charge >= 0.3 is 0 Å². The molecule has 12 nitrogen and oxygen atoms in total. The number of nitrogens with two attached hydrogens (primary N) is 1. The molecule has 12 heteroatoms. The summed E-state index contributed by atoms with van der Waals surface area (Å²) < 4.78 is 12.7. The van der Waals surface area contributed by atoms with Crippen molar-refractivity contribution in [1.29, 1.82) is 0 Å². The highest BCUT2D eigenvalue weighted by atomic mass is 16.6. The Labute approximate surface area is 163 Å². The summed E-state index contributed by atoms with van der Waals surface area (Å²) in [5, 5.41) is 31.8. The highest BCUT2D eigenvalue weighted by Crippen LogP contribution is 2.32. The van der Waals surface area contributed by atoms with Crippen LogP contribution in [0.3, 0.4) is 0 Å². The number of rotatable bonds is 6. The maximum atomic E-state index is 11.1. The molecule has 4 N–H and O–H groups in total. The minimum absolute atomic E-state index is 0.0394. The lowest BCUT2D eigenvalue weighted by Gasteiger charge is -2.16. The molecule has 0 aliphatic carbocycles. The molecule has 2 aromatic heterocycles. The van der Waals surface area contributed by atoms with Crippen LogP contribution in [0.1, 0.15) is 11.8 Å². The first-order valence-corrected chi connectivity index (χ1v) is 8.72. The fourth-order valence-electron chi connectivity index (χ4n) is 3.25. The number of nitrogens with zero attached hydrogens (tertiary/aromatic N) is 5. The summed E-state index contributed by atoms with van der Waals surface area (Å²) in [6.07, 6.45) is -1.64. The van der Waals surface area contributed by atoms with E-state index in [1.54, 1.807) is 18.2 Å². The van der Waals surface area contributed by atoms with Crippen LogP contribution in [0.15, 0.2) is 36.9 Å². The van der Waals surface area contributed by atoms with Gasteiger partial charge in [0, 0.05) is 6.07 Å². The number of imidazole rings is 1. The Morgan fingerprint density at radius 1 is 1.24 bits per heavy atom. The number of para-hydroxylation sites is 1. The van der Waals surface area contributed by atoms with E-state index >= 15 is 0 Å². The first-order valence-electron chi connectivity index (χ1n) is 8.72. The van der Waals surface area contributed by atoms with Crippen LogP contribution < -0.4 is 5.73 Å². The van der Waals surface area contributed by atoms with Crippen molar-refractivity contribution in [3.05, 3.63) is 52.6 Å². The average molecular weight is 402 g/mol. The molecule has 0 unspecified atom stereocenters. The Bertz CT molecular complexity index is 1040. The summed E-state index contributed by atoms with van der Waals surface area (Å²) in [5.74, 6) is 0.186. The van der Waals surface area contributed by atoms with Gasteiger partial charge in [-0.25, -0.2) is 15.0 Å². The van der Waals surface area contributed by atoms with Crippen molar-refractivity contribution >= 4 is 22.7 Å². The van der Waals surface area contributed by atoms with Gasteiger partial charge in [0.05, 0.1) is 30.0 Å². The van der Waals surface area contributed by atoms with Crippen LogP contribution in [0.25, 0.3) is 11.2 Å². The number of anilines is 1. The molecule has 1 aromatic carbocycles. The third-order valence-corrected chi connectivity index (χ3v) is 4.73. The second-order valence-electron chi connectivity index (χ2n) is 6.53. The lowest BCUT2D eigenvalue weighted by molar-refractivity contribution is -0.386. The first kappa shape index (κ1) is 19.1. The van der Waals surface area contributed by atoms with Crippen molar-refractivity contribution < 1.29 is 24.6 Å². The van der Waals surface area contributed by atoms with E-state index in [1.807, 2.05) is 0 Å². The zero-order valence-electron chi connectivity index (χ0n) is 15.0. The molecule has 0 bridgehead atoms. The van der Waals surface area contributed by atoms with Crippen molar-refractivity contribution in [2.24, 2.45) is 0 Å². The fourth-order valence-corrected chi connectivity index (χ4v) is 3.25. The van der Waals surface area contributed by atoms with E-state index in [9.17, 15) is 20.3 Å². The van der Waals surface area contributed by atoms with Gasteiger partial charge < -0.3 is 25.4 Å². The zero-order valence-corrected chi connectivity index (χ0v) is 15.0. The number of ether oxygens (including phenoxy) is 2. The maximum Gasteiger partial charge on any atom is 0.274 e. The van der Waals surface area contributed by atoms with Crippen molar-refractivity contribution in [3.8, 4) is 0 Å². The van der Waals surface area contributed by atoms with E-state index in [2.05, 4.69) is 15.0 Å². The molecule has 3 aromatic rings. The van der Waals surface area contributed by atoms with Gasteiger partial charge in [-0.1, -0.05) is 12.1 Å². The van der Waals surface area contributed by atoms with Crippen LogP contribution in [0.2, 0.25) is 0 Å². The van der Waals surface area contributed by atoms with E-state index in [4.69, 9.17) is 15.2 Å². The number of fused-ring (bicyclic) bond motifs is 1. The SMILES string of the molecule is Nc1ncnc2c1ncn2[C@@H]1O[C@H](COCc2ccccc2[N+](=O)[O-])[C@@H](O)[C@H]1O. The smallest absolute Gasteiger partial charge is 0.274 e. The second-order valence-corrected chi connectivity index (χ2v) is 6.53. The van der Waals surface area contributed by atoms with Crippen LogP contribution in [0.5, 0.6) is 0 Å². The van der Waals surface area contributed by atoms with Crippen LogP contribution in [0.4, 0.5) is 11.5 Å². The summed E-state index contributed by atoms with van der Waals surface area (Å²) in [4.78, 5) is 22.7. The van der Waals surface area contributed by atoms with Crippen molar-refractivity contribution in [3.63, 3.8) is 0 Å². The number of benzene rings is 1. The molecule has 1 fully saturated rings. The summed E-state index contributed by atoms with van der Waals surface area (Å²) >= 11 is 0. The molecule has 29 heavy (non-hydrogen) atoms. The molecule has 3 heterocycles. The van der Waals surface area contributed by atoms with Crippen LogP contribution >= 0.6 is 0 Å². The lowest BCUT2D eigenvalue weighted by Crippen LogP contribution is -2.33. The molecule has 152 valence electrons. The fraction of sp³-hybridized carbons (Fsp3) is 0.353.